The van der Waals surface area contributed by atoms with Gasteiger partial charge in [0.25, 0.3) is 0 Å². The Bertz CT molecular complexity index is 856. The van der Waals surface area contributed by atoms with Crippen LogP contribution in [0.1, 0.15) is 31.2 Å². The van der Waals surface area contributed by atoms with Crippen molar-refractivity contribution >= 4 is 35.5 Å². The van der Waals surface area contributed by atoms with Crippen LogP contribution in [0.4, 0.5) is 0 Å². The summed E-state index contributed by atoms with van der Waals surface area (Å²) in [6.07, 6.45) is 3.41. The number of aliphatic hydroxyl groups is 1. The number of carbonyl (C=O) groups is 4. The van der Waals surface area contributed by atoms with Gasteiger partial charge in [0.1, 0.15) is 23.9 Å². The molecule has 0 bridgehead atoms. The molecule has 0 fully saturated rings. The molecule has 1 aromatic carbocycles. The summed E-state index contributed by atoms with van der Waals surface area (Å²) < 4.78 is 0. The number of benzene rings is 1. The third kappa shape index (κ3) is 11.2. The summed E-state index contributed by atoms with van der Waals surface area (Å²) in [6.45, 7) is -0.354. The van der Waals surface area contributed by atoms with Gasteiger partial charge in [0.15, 0.2) is 0 Å². The van der Waals surface area contributed by atoms with E-state index in [1.54, 1.807) is 0 Å². The topological polar surface area (TPSA) is 217 Å². The Kier molecular flexibility index (Phi) is 14.5. The van der Waals surface area contributed by atoms with E-state index in [0.29, 0.717) is 37.1 Å². The van der Waals surface area contributed by atoms with E-state index in [9.17, 15) is 34.5 Å². The number of rotatable bonds is 17. The molecule has 0 aliphatic rings. The highest BCUT2D eigenvalue weighted by Gasteiger charge is 2.30. The van der Waals surface area contributed by atoms with Crippen molar-refractivity contribution in [3.63, 3.8) is 0 Å². The van der Waals surface area contributed by atoms with Crippen LogP contribution in [0.5, 0.6) is 5.75 Å². The Morgan fingerprint density at radius 2 is 1.50 bits per heavy atom. The Balaban J connectivity index is 2.90. The number of hydrogen-bond acceptors (Lipinski definition) is 9. The largest absolute Gasteiger partial charge is 0.508 e. The maximum atomic E-state index is 13.0. The van der Waals surface area contributed by atoms with Crippen LogP contribution in [0, 0.1) is 0 Å². The fourth-order valence-electron chi connectivity index (χ4n) is 3.22. The van der Waals surface area contributed by atoms with E-state index >= 15 is 0 Å². The number of phenols is 1. The molecule has 4 atom stereocenters. The molecule has 0 saturated heterocycles. The predicted octanol–water partition coefficient (Wildman–Crippen LogP) is -1.32. The number of aliphatic carboxylic acids is 1. The molecule has 36 heavy (non-hydrogen) atoms. The number of nitrogens with one attached hydrogen (secondary N) is 3. The van der Waals surface area contributed by atoms with Crippen LogP contribution in [0.15, 0.2) is 24.3 Å². The van der Waals surface area contributed by atoms with Crippen molar-refractivity contribution in [2.24, 2.45) is 11.5 Å². The van der Waals surface area contributed by atoms with Gasteiger partial charge in [-0.1, -0.05) is 12.1 Å². The fraction of sp³-hybridized carbons (Fsp3) is 0.565. The van der Waals surface area contributed by atoms with Crippen molar-refractivity contribution in [3.8, 4) is 5.75 Å². The van der Waals surface area contributed by atoms with Crippen molar-refractivity contribution < 1.29 is 34.5 Å². The van der Waals surface area contributed by atoms with Gasteiger partial charge in [-0.15, -0.1) is 0 Å². The molecule has 0 radical (unpaired) electrons. The van der Waals surface area contributed by atoms with Crippen molar-refractivity contribution in [1.82, 2.24) is 16.0 Å². The molecule has 12 nitrogen and oxygen atoms in total. The molecular weight excluding hydrogens is 490 g/mol. The zero-order valence-electron chi connectivity index (χ0n) is 20.3. The predicted molar refractivity (Wildman–Crippen MR) is 136 cm³/mol. The van der Waals surface area contributed by atoms with E-state index < -0.39 is 54.5 Å². The summed E-state index contributed by atoms with van der Waals surface area (Å²) in [5, 5.41) is 35.9. The van der Waals surface area contributed by atoms with Crippen LogP contribution < -0.4 is 27.4 Å². The second-order valence-corrected chi connectivity index (χ2v) is 9.23. The zero-order chi connectivity index (χ0) is 27.1. The van der Waals surface area contributed by atoms with E-state index in [0.717, 1.165) is 0 Å². The monoisotopic (exact) mass is 527 g/mol. The van der Waals surface area contributed by atoms with Crippen LogP contribution in [0.2, 0.25) is 0 Å². The molecule has 3 amide bonds. The van der Waals surface area contributed by atoms with Crippen molar-refractivity contribution in [1.29, 1.82) is 0 Å². The first kappa shape index (κ1) is 31.2. The Hall–Kier alpha value is -2.87. The van der Waals surface area contributed by atoms with E-state index in [1.807, 2.05) is 6.26 Å². The molecule has 0 spiro atoms. The average molecular weight is 528 g/mol. The normalized spacial score (nSPS) is 14.2. The van der Waals surface area contributed by atoms with E-state index in [-0.39, 0.29) is 18.6 Å². The summed E-state index contributed by atoms with van der Waals surface area (Å²) in [5.41, 5.74) is 11.9. The number of nitrogens with two attached hydrogens (primary N) is 2. The Morgan fingerprint density at radius 1 is 0.917 bits per heavy atom. The number of unbranched alkanes of at least 4 members (excludes halogenated alkanes) is 1. The minimum absolute atomic E-state index is 0.0214. The number of amides is 3. The molecule has 0 aliphatic carbocycles. The van der Waals surface area contributed by atoms with Gasteiger partial charge in [-0.25, -0.2) is 4.79 Å². The Morgan fingerprint density at radius 3 is 2.06 bits per heavy atom. The lowest BCUT2D eigenvalue weighted by molar-refractivity contribution is -0.142. The second-order valence-electron chi connectivity index (χ2n) is 8.25. The number of carboxylic acids is 1. The fourth-order valence-corrected chi connectivity index (χ4v) is 3.71. The van der Waals surface area contributed by atoms with Crippen LogP contribution in [-0.4, -0.2) is 88.3 Å². The minimum Gasteiger partial charge on any atom is -0.508 e. The van der Waals surface area contributed by atoms with Crippen LogP contribution in [0.3, 0.4) is 0 Å². The van der Waals surface area contributed by atoms with Gasteiger partial charge in [-0.05, 0) is 61.9 Å². The third-order valence-electron chi connectivity index (χ3n) is 5.36. The smallest absolute Gasteiger partial charge is 0.326 e. The number of hydrogen-bond donors (Lipinski definition) is 8. The second kappa shape index (κ2) is 16.7. The number of thioether (sulfide) groups is 1. The maximum absolute atomic E-state index is 13.0. The maximum Gasteiger partial charge on any atom is 0.326 e. The van der Waals surface area contributed by atoms with Gasteiger partial charge < -0.3 is 42.7 Å². The number of carbonyl (C=O) groups excluding carboxylic acids is 3. The van der Waals surface area contributed by atoms with Crippen molar-refractivity contribution in [2.75, 3.05) is 25.2 Å². The van der Waals surface area contributed by atoms with E-state index in [1.165, 1.54) is 36.0 Å². The highest BCUT2D eigenvalue weighted by Crippen LogP contribution is 2.12. The molecule has 4 unspecified atom stereocenters. The van der Waals surface area contributed by atoms with Crippen LogP contribution in [0.25, 0.3) is 0 Å². The highest BCUT2D eigenvalue weighted by molar-refractivity contribution is 7.98. The van der Waals surface area contributed by atoms with Gasteiger partial charge in [0.05, 0.1) is 12.6 Å². The SMILES string of the molecule is CSCCC(N)C(=O)NC(CO)C(=O)NC(CCCCN)C(=O)NC(Cc1ccc(O)cc1)C(=O)O. The van der Waals surface area contributed by atoms with E-state index in [2.05, 4.69) is 16.0 Å². The summed E-state index contributed by atoms with van der Waals surface area (Å²) in [4.78, 5) is 49.7. The lowest BCUT2D eigenvalue weighted by Gasteiger charge is -2.24. The molecule has 0 heterocycles. The quantitative estimate of drug-likeness (QED) is 0.112. The molecule has 1 aromatic rings. The molecule has 0 aliphatic heterocycles. The summed E-state index contributed by atoms with van der Waals surface area (Å²) >= 11 is 1.51. The van der Waals surface area contributed by atoms with Gasteiger partial charge >= 0.3 is 5.97 Å². The molecule has 0 saturated carbocycles. The van der Waals surface area contributed by atoms with Gasteiger partial charge in [-0.3, -0.25) is 14.4 Å². The zero-order valence-corrected chi connectivity index (χ0v) is 21.1. The number of aromatic hydroxyl groups is 1. The van der Waals surface area contributed by atoms with E-state index in [4.69, 9.17) is 11.5 Å². The minimum atomic E-state index is -1.34. The molecule has 1 rings (SSSR count). The first-order chi connectivity index (χ1) is 17.1. The molecular formula is C23H37N5O7S. The molecule has 13 heteroatoms. The summed E-state index contributed by atoms with van der Waals surface area (Å²) in [5.74, 6) is -2.76. The number of aliphatic hydroxyl groups excluding tert-OH is 1. The summed E-state index contributed by atoms with van der Waals surface area (Å²) in [7, 11) is 0. The van der Waals surface area contributed by atoms with Gasteiger partial charge in [0.2, 0.25) is 17.7 Å². The number of phenolic OH excluding ortho intramolecular Hbond substituents is 1. The lowest BCUT2D eigenvalue weighted by atomic mass is 10.0. The highest BCUT2D eigenvalue weighted by atomic mass is 32.2. The average Bonchev–Trinajstić information content (AvgIpc) is 2.85. The van der Waals surface area contributed by atoms with Crippen molar-refractivity contribution in [3.05, 3.63) is 29.8 Å². The molecule has 202 valence electrons. The molecule has 10 N–H and O–H groups in total. The lowest BCUT2D eigenvalue weighted by Crippen LogP contribution is -2.58. The van der Waals surface area contributed by atoms with Gasteiger partial charge in [0, 0.05) is 6.42 Å². The van der Waals surface area contributed by atoms with Crippen molar-refractivity contribution in [2.45, 2.75) is 56.3 Å². The summed E-state index contributed by atoms with van der Waals surface area (Å²) in [6, 6.07) is 1.27. The first-order valence-corrected chi connectivity index (χ1v) is 13.0. The first-order valence-electron chi connectivity index (χ1n) is 11.6. The van der Waals surface area contributed by atoms with Crippen LogP contribution >= 0.6 is 11.8 Å². The molecule has 0 aromatic heterocycles. The Labute approximate surface area is 214 Å². The number of carboxylic acid groups (broad SMARTS) is 1. The van der Waals surface area contributed by atoms with Gasteiger partial charge in [-0.2, -0.15) is 11.8 Å². The van der Waals surface area contributed by atoms with Crippen LogP contribution in [-0.2, 0) is 25.6 Å². The third-order valence-corrected chi connectivity index (χ3v) is 6.00. The standard InChI is InChI=1S/C23H37N5O7S/c1-36-11-9-16(25)20(31)28-19(13-29)22(33)26-17(4-2-3-10-24)21(32)27-18(23(34)35)12-14-5-7-15(30)8-6-14/h5-8,16-19,29-30H,2-4,9-13,24-25H2,1H3,(H,26,33)(H,27,32)(H,28,31)(H,34,35).